The molecule has 0 aliphatic carbocycles. The van der Waals surface area contributed by atoms with Gasteiger partial charge in [0, 0.05) is 49.4 Å². The first-order chi connectivity index (χ1) is 34.8. The van der Waals surface area contributed by atoms with Gasteiger partial charge in [0.25, 0.3) is 0 Å². The van der Waals surface area contributed by atoms with E-state index in [1.54, 1.807) is 0 Å². The van der Waals surface area contributed by atoms with Crippen LogP contribution in [0.2, 0.25) is 0 Å². The summed E-state index contributed by atoms with van der Waals surface area (Å²) in [6, 6.07) is 102. The van der Waals surface area contributed by atoms with Crippen molar-refractivity contribution in [1.29, 1.82) is 0 Å². The van der Waals surface area contributed by atoms with Gasteiger partial charge in [-0.25, -0.2) is 0 Å². The molecule has 70 heavy (non-hydrogen) atoms. The molecule has 0 atom stereocenters. The number of benzene rings is 11. The second-order valence-corrected chi connectivity index (χ2v) is 22.2. The van der Waals surface area contributed by atoms with Gasteiger partial charge in [-0.1, -0.05) is 206 Å². The molecule has 3 aromatic heterocycles. The molecule has 14 aromatic rings. The highest BCUT2D eigenvalue weighted by Crippen LogP contribution is 2.38. The Kier molecular flexibility index (Phi) is 9.23. The van der Waals surface area contributed by atoms with Crippen LogP contribution in [-0.4, -0.2) is 21.8 Å². The Morgan fingerprint density at radius 1 is 0.229 bits per heavy atom. The van der Waals surface area contributed by atoms with Gasteiger partial charge in [0.05, 0.1) is 33.1 Å². The summed E-state index contributed by atoms with van der Waals surface area (Å²) in [6.45, 7) is 0. The van der Waals surface area contributed by atoms with E-state index >= 15 is 0 Å². The maximum atomic E-state index is 2.54. The van der Waals surface area contributed by atoms with Crippen molar-refractivity contribution in [1.82, 2.24) is 13.7 Å². The Labute approximate surface area is 407 Å². The van der Waals surface area contributed by atoms with Gasteiger partial charge in [-0.15, -0.1) is 0 Å². The summed E-state index contributed by atoms with van der Waals surface area (Å²) in [4.78, 5) is 0. The second kappa shape index (κ2) is 16.1. The summed E-state index contributed by atoms with van der Waals surface area (Å²) >= 11 is 0. The molecule has 3 heterocycles. The summed E-state index contributed by atoms with van der Waals surface area (Å²) in [7, 11) is -3.12. The van der Waals surface area contributed by atoms with E-state index in [9.17, 15) is 0 Å². The van der Waals surface area contributed by atoms with Crippen LogP contribution in [-0.2, 0) is 0 Å². The normalized spacial score (nSPS) is 12.0. The van der Waals surface area contributed by atoms with Gasteiger partial charge < -0.3 is 13.7 Å². The summed E-state index contributed by atoms with van der Waals surface area (Å²) in [5, 5.41) is 12.9. The number of fused-ring (bicyclic) bond motifs is 9. The minimum Gasteiger partial charge on any atom is -0.309 e. The predicted octanol–water partition coefficient (Wildman–Crippen LogP) is 14.0. The molecular formula is C66H45N3Si. The quantitative estimate of drug-likeness (QED) is 0.107. The van der Waals surface area contributed by atoms with Crippen LogP contribution in [0, 0.1) is 0 Å². The highest BCUT2D eigenvalue weighted by Gasteiger charge is 2.43. The molecule has 328 valence electrons. The summed E-state index contributed by atoms with van der Waals surface area (Å²) < 4.78 is 7.39. The van der Waals surface area contributed by atoms with Crippen molar-refractivity contribution in [3.63, 3.8) is 0 Å². The molecule has 0 bridgehead atoms. The van der Waals surface area contributed by atoms with Gasteiger partial charge in [0.15, 0.2) is 8.07 Å². The Bertz CT molecular complexity index is 4240. The fourth-order valence-corrected chi connectivity index (χ4v) is 16.8. The molecule has 0 aliphatic heterocycles. The molecule has 14 rings (SSSR count). The minimum atomic E-state index is -3.12. The first kappa shape index (κ1) is 40.1. The van der Waals surface area contributed by atoms with Crippen molar-refractivity contribution in [2.75, 3.05) is 0 Å². The second-order valence-electron chi connectivity index (χ2n) is 18.4. The lowest BCUT2D eigenvalue weighted by Gasteiger charge is -2.35. The van der Waals surface area contributed by atoms with Gasteiger partial charge in [-0.05, 0) is 98.6 Å². The molecule has 0 amide bonds. The Hall–Kier alpha value is -8.96. The molecule has 3 nitrogen and oxygen atoms in total. The first-order valence-electron chi connectivity index (χ1n) is 24.2. The molecule has 4 heteroatoms. The lowest BCUT2D eigenvalue weighted by atomic mass is 10.1. The number of nitrogens with zero attached hydrogens (tertiary/aromatic N) is 3. The summed E-state index contributed by atoms with van der Waals surface area (Å²) in [5.74, 6) is 0. The van der Waals surface area contributed by atoms with Crippen LogP contribution in [0.5, 0.6) is 0 Å². The van der Waals surface area contributed by atoms with Gasteiger partial charge in [0.1, 0.15) is 0 Å². The van der Waals surface area contributed by atoms with Crippen molar-refractivity contribution in [2.24, 2.45) is 0 Å². The van der Waals surface area contributed by atoms with Crippen LogP contribution >= 0.6 is 0 Å². The highest BCUT2D eigenvalue weighted by atomic mass is 28.3. The summed E-state index contributed by atoms with van der Waals surface area (Å²) in [5.41, 5.74) is 13.0. The third-order valence-corrected chi connectivity index (χ3v) is 19.6. The Morgan fingerprint density at radius 3 is 1.37 bits per heavy atom. The van der Waals surface area contributed by atoms with Crippen LogP contribution in [0.1, 0.15) is 0 Å². The number of hydrogen-bond donors (Lipinski definition) is 0. The van der Waals surface area contributed by atoms with E-state index in [2.05, 4.69) is 287 Å². The number of rotatable bonds is 8. The number of para-hydroxylation sites is 4. The third kappa shape index (κ3) is 6.00. The molecule has 0 unspecified atom stereocenters. The fourth-order valence-electron chi connectivity index (χ4n) is 11.8. The van der Waals surface area contributed by atoms with Crippen LogP contribution in [0.15, 0.2) is 273 Å². The third-order valence-electron chi connectivity index (χ3n) is 14.8. The van der Waals surface area contributed by atoms with Crippen molar-refractivity contribution in [3.8, 4) is 28.2 Å². The first-order valence-corrected chi connectivity index (χ1v) is 26.2. The Balaban J connectivity index is 1.06. The molecule has 11 aromatic carbocycles. The average molecular weight is 908 g/mol. The maximum absolute atomic E-state index is 3.12. The number of hydrogen-bond acceptors (Lipinski definition) is 0. The molecule has 0 aliphatic rings. The smallest absolute Gasteiger partial charge is 0.180 e. The van der Waals surface area contributed by atoms with Gasteiger partial charge in [-0.2, -0.15) is 0 Å². The maximum Gasteiger partial charge on any atom is 0.180 e. The van der Waals surface area contributed by atoms with Crippen LogP contribution in [0.3, 0.4) is 0 Å². The zero-order valence-electron chi connectivity index (χ0n) is 38.3. The van der Waals surface area contributed by atoms with E-state index in [0.717, 1.165) is 17.1 Å². The van der Waals surface area contributed by atoms with Crippen LogP contribution < -0.4 is 20.7 Å². The van der Waals surface area contributed by atoms with Crippen LogP contribution in [0.25, 0.3) is 93.6 Å². The molecule has 0 saturated carbocycles. The summed E-state index contributed by atoms with van der Waals surface area (Å²) in [6.07, 6.45) is 0. The molecule has 0 fully saturated rings. The highest BCUT2D eigenvalue weighted by molar-refractivity contribution is 7.21. The zero-order chi connectivity index (χ0) is 46.2. The lowest BCUT2D eigenvalue weighted by molar-refractivity contribution is 1.15. The average Bonchev–Trinajstić information content (AvgIpc) is 4.08. The molecule has 0 radical (unpaired) electrons. The van der Waals surface area contributed by atoms with E-state index in [0.29, 0.717) is 0 Å². The van der Waals surface area contributed by atoms with E-state index in [1.807, 2.05) is 0 Å². The van der Waals surface area contributed by atoms with E-state index in [1.165, 1.54) is 97.3 Å². The van der Waals surface area contributed by atoms with Gasteiger partial charge in [-0.3, -0.25) is 0 Å². The SMILES string of the molecule is c1ccc(-c2cccc(-n3c4ccccc4c4ccc(-n5c6ccccc6c6c([Si](c7ccccc7)(c7ccccc7)c7ccc8c(c7)c7ccccc7n8-c7ccccc7)cccc65)cc43)c2)cc1. The van der Waals surface area contributed by atoms with Crippen molar-refractivity contribution in [3.05, 3.63) is 273 Å². The van der Waals surface area contributed by atoms with E-state index in [4.69, 9.17) is 0 Å². The molecule has 0 saturated heterocycles. The zero-order valence-corrected chi connectivity index (χ0v) is 39.3. The van der Waals surface area contributed by atoms with E-state index < -0.39 is 8.07 Å². The predicted molar refractivity (Wildman–Crippen MR) is 299 cm³/mol. The molecule has 0 N–H and O–H groups in total. The lowest BCUT2D eigenvalue weighted by Crippen LogP contribution is -2.74. The standard InChI is InChI=1S/C66H45N3Si/c1-5-21-46(22-6-1)47-23-19-26-49(43-47)69-59-34-16-13-31-54(59)56-41-39-50(44-64(56)69)68-61-36-18-15-33-57(61)66-63(68)37-20-38-65(66)70(51-27-9-3-10-28-51,52-29-11-4-12-30-52)53-40-42-62-58(45-53)55-32-14-17-35-60(55)67(62)48-24-7-2-8-25-48/h1-45H. The Morgan fingerprint density at radius 2 is 0.686 bits per heavy atom. The largest absolute Gasteiger partial charge is 0.309 e. The minimum absolute atomic E-state index is 1.13. The van der Waals surface area contributed by atoms with Crippen molar-refractivity contribution < 1.29 is 0 Å². The van der Waals surface area contributed by atoms with Crippen molar-refractivity contribution in [2.45, 2.75) is 0 Å². The topological polar surface area (TPSA) is 14.8 Å². The molecular weight excluding hydrogens is 863 g/mol. The van der Waals surface area contributed by atoms with Crippen molar-refractivity contribution >= 4 is 94.2 Å². The fraction of sp³-hybridized carbons (Fsp3) is 0. The van der Waals surface area contributed by atoms with E-state index in [-0.39, 0.29) is 0 Å². The molecule has 0 spiro atoms. The monoisotopic (exact) mass is 907 g/mol. The van der Waals surface area contributed by atoms with Crippen LogP contribution in [0.4, 0.5) is 0 Å². The number of aromatic nitrogens is 3. The van der Waals surface area contributed by atoms with Gasteiger partial charge >= 0.3 is 0 Å². The van der Waals surface area contributed by atoms with Gasteiger partial charge in [0.2, 0.25) is 0 Å².